The number of hydrogen-bond acceptors (Lipinski definition) is 2. The number of halogens is 1. The predicted octanol–water partition coefficient (Wildman–Crippen LogP) is 0.955. The third kappa shape index (κ3) is 1.75. The first kappa shape index (κ1) is 10.2. The highest BCUT2D eigenvalue weighted by Gasteiger charge is 2.43. The van der Waals surface area contributed by atoms with Crippen LogP contribution in [-0.4, -0.2) is 35.8 Å². The van der Waals surface area contributed by atoms with Crippen molar-refractivity contribution in [2.75, 3.05) is 19.0 Å². The van der Waals surface area contributed by atoms with Crippen LogP contribution in [-0.2, 0) is 4.79 Å². The highest BCUT2D eigenvalue weighted by Crippen LogP contribution is 2.44. The van der Waals surface area contributed by atoms with E-state index >= 15 is 0 Å². The van der Waals surface area contributed by atoms with Gasteiger partial charge in [0.05, 0.1) is 0 Å². The molecule has 1 aliphatic heterocycles. The molecule has 4 heteroatoms. The zero-order valence-corrected chi connectivity index (χ0v) is 9.09. The Morgan fingerprint density at radius 2 is 2.36 bits per heavy atom. The monoisotopic (exact) mass is 216 g/mol. The summed E-state index contributed by atoms with van der Waals surface area (Å²) < 4.78 is 0. The van der Waals surface area contributed by atoms with Crippen molar-refractivity contribution in [2.45, 2.75) is 31.7 Å². The van der Waals surface area contributed by atoms with Crippen molar-refractivity contribution in [3.63, 3.8) is 0 Å². The summed E-state index contributed by atoms with van der Waals surface area (Å²) in [7, 11) is 0. The molecule has 14 heavy (non-hydrogen) atoms. The predicted molar refractivity (Wildman–Crippen MR) is 56.2 cm³/mol. The normalized spacial score (nSPS) is 37.0. The summed E-state index contributed by atoms with van der Waals surface area (Å²) in [5, 5.41) is 0. The molecule has 1 saturated carbocycles. The lowest BCUT2D eigenvalue weighted by Gasteiger charge is -2.23. The fraction of sp³-hybridized carbons (Fsp3) is 0.900. The maximum absolute atomic E-state index is 11.4. The third-order valence-corrected chi connectivity index (χ3v) is 3.87. The summed E-state index contributed by atoms with van der Waals surface area (Å²) in [5.41, 5.74) is 6.25. The van der Waals surface area contributed by atoms with E-state index in [1.807, 2.05) is 4.90 Å². The number of nitrogens with two attached hydrogens (primary N) is 1. The highest BCUT2D eigenvalue weighted by atomic mass is 35.5. The first-order valence-electron chi connectivity index (χ1n) is 5.25. The topological polar surface area (TPSA) is 46.3 Å². The molecule has 1 spiro atoms. The maximum atomic E-state index is 11.4. The van der Waals surface area contributed by atoms with Crippen LogP contribution in [0.2, 0.25) is 0 Å². The van der Waals surface area contributed by atoms with E-state index in [1.165, 1.54) is 6.42 Å². The Morgan fingerprint density at radius 3 is 2.93 bits per heavy atom. The summed E-state index contributed by atoms with van der Waals surface area (Å²) in [6.07, 6.45) is 4.49. The van der Waals surface area contributed by atoms with Gasteiger partial charge >= 0.3 is 0 Å². The molecule has 1 saturated heterocycles. The van der Waals surface area contributed by atoms with Gasteiger partial charge in [-0.25, -0.2) is 0 Å². The minimum atomic E-state index is 0.0732. The largest absolute Gasteiger partial charge is 0.341 e. The van der Waals surface area contributed by atoms with Crippen molar-refractivity contribution < 1.29 is 4.79 Å². The van der Waals surface area contributed by atoms with Gasteiger partial charge in [0.25, 0.3) is 0 Å². The summed E-state index contributed by atoms with van der Waals surface area (Å²) >= 11 is 5.54. The molecule has 80 valence electrons. The van der Waals surface area contributed by atoms with Crippen molar-refractivity contribution in [1.29, 1.82) is 0 Å². The van der Waals surface area contributed by atoms with Gasteiger partial charge in [0, 0.05) is 19.1 Å². The molecule has 0 aromatic heterocycles. The highest BCUT2D eigenvalue weighted by molar-refractivity contribution is 6.27. The standard InChI is InChI=1S/C10H17ClN2O/c11-6-9(14)13-4-3-10(7-13)2-1-8(12)5-10/h8H,1-7,12H2/t8-,10-/m1/s1. The van der Waals surface area contributed by atoms with Crippen LogP contribution in [0.3, 0.4) is 0 Å². The van der Waals surface area contributed by atoms with Gasteiger partial charge in [-0.05, 0) is 31.1 Å². The molecular formula is C10H17ClN2O. The molecule has 3 nitrogen and oxygen atoms in total. The zero-order valence-electron chi connectivity index (χ0n) is 8.34. The summed E-state index contributed by atoms with van der Waals surface area (Å²) in [6, 6.07) is 0.348. The number of amides is 1. The summed E-state index contributed by atoms with van der Waals surface area (Å²) in [4.78, 5) is 13.3. The van der Waals surface area contributed by atoms with Crippen LogP contribution in [0.1, 0.15) is 25.7 Å². The van der Waals surface area contributed by atoms with Crippen LogP contribution in [0.25, 0.3) is 0 Å². The van der Waals surface area contributed by atoms with E-state index in [9.17, 15) is 4.79 Å². The van der Waals surface area contributed by atoms with Gasteiger partial charge in [-0.15, -0.1) is 11.6 Å². The summed E-state index contributed by atoms with van der Waals surface area (Å²) in [6.45, 7) is 1.75. The van der Waals surface area contributed by atoms with Gasteiger partial charge in [0.15, 0.2) is 0 Å². The first-order valence-corrected chi connectivity index (χ1v) is 5.78. The van der Waals surface area contributed by atoms with E-state index in [-0.39, 0.29) is 11.8 Å². The van der Waals surface area contributed by atoms with Gasteiger partial charge < -0.3 is 10.6 Å². The van der Waals surface area contributed by atoms with Crippen LogP contribution in [0.5, 0.6) is 0 Å². The molecule has 2 atom stereocenters. The van der Waals surface area contributed by atoms with Crippen LogP contribution < -0.4 is 5.73 Å². The second kappa shape index (κ2) is 3.70. The number of alkyl halides is 1. The quantitative estimate of drug-likeness (QED) is 0.664. The van der Waals surface area contributed by atoms with Crippen LogP contribution >= 0.6 is 11.6 Å². The molecule has 1 amide bonds. The molecule has 2 aliphatic rings. The second-order valence-corrected chi connectivity index (χ2v) is 4.97. The Balaban J connectivity index is 1.97. The van der Waals surface area contributed by atoms with Crippen molar-refractivity contribution in [1.82, 2.24) is 4.90 Å². The van der Waals surface area contributed by atoms with E-state index in [1.54, 1.807) is 0 Å². The molecule has 2 N–H and O–H groups in total. The number of nitrogens with zero attached hydrogens (tertiary/aromatic N) is 1. The first-order chi connectivity index (χ1) is 6.65. The van der Waals surface area contributed by atoms with E-state index in [0.29, 0.717) is 11.5 Å². The Bertz CT molecular complexity index is 246. The van der Waals surface area contributed by atoms with Gasteiger partial charge in [0.2, 0.25) is 5.91 Å². The SMILES string of the molecule is N[C@@H]1CC[C@@]2(CCN(C(=O)CCl)C2)C1. The molecule has 0 radical (unpaired) electrons. The van der Waals surface area contributed by atoms with Crippen LogP contribution in [0.4, 0.5) is 0 Å². The fourth-order valence-electron chi connectivity index (χ4n) is 2.86. The second-order valence-electron chi connectivity index (χ2n) is 4.70. The molecule has 1 heterocycles. The number of carbonyl (C=O) groups excluding carboxylic acids is 1. The molecular weight excluding hydrogens is 200 g/mol. The van der Waals surface area contributed by atoms with Gasteiger partial charge in [-0.1, -0.05) is 0 Å². The lowest BCUT2D eigenvalue weighted by molar-refractivity contribution is -0.127. The maximum Gasteiger partial charge on any atom is 0.237 e. The summed E-state index contributed by atoms with van der Waals surface area (Å²) in [5.74, 6) is 0.186. The Kier molecular flexibility index (Phi) is 2.71. The van der Waals surface area contributed by atoms with E-state index in [2.05, 4.69) is 0 Å². The van der Waals surface area contributed by atoms with Crippen molar-refractivity contribution in [3.05, 3.63) is 0 Å². The molecule has 1 aliphatic carbocycles. The lowest BCUT2D eigenvalue weighted by atomic mass is 9.85. The van der Waals surface area contributed by atoms with Crippen molar-refractivity contribution in [3.8, 4) is 0 Å². The van der Waals surface area contributed by atoms with Gasteiger partial charge in [-0.2, -0.15) is 0 Å². The van der Waals surface area contributed by atoms with E-state index in [0.717, 1.165) is 32.4 Å². The number of carbonyl (C=O) groups is 1. The number of hydrogen-bond donors (Lipinski definition) is 1. The minimum Gasteiger partial charge on any atom is -0.341 e. The van der Waals surface area contributed by atoms with E-state index in [4.69, 9.17) is 17.3 Å². The number of rotatable bonds is 1. The van der Waals surface area contributed by atoms with E-state index < -0.39 is 0 Å². The Labute approximate surface area is 89.6 Å². The molecule has 0 aromatic rings. The molecule has 2 fully saturated rings. The van der Waals surface area contributed by atoms with Gasteiger partial charge in [-0.3, -0.25) is 4.79 Å². The van der Waals surface area contributed by atoms with Crippen molar-refractivity contribution in [2.24, 2.45) is 11.1 Å². The Hall–Kier alpha value is -0.280. The minimum absolute atomic E-state index is 0.0732. The third-order valence-electron chi connectivity index (χ3n) is 3.65. The lowest BCUT2D eigenvalue weighted by Crippen LogP contribution is -2.32. The number of likely N-dealkylation sites (tertiary alicyclic amines) is 1. The smallest absolute Gasteiger partial charge is 0.237 e. The zero-order chi connectivity index (χ0) is 10.2. The van der Waals surface area contributed by atoms with Crippen LogP contribution in [0.15, 0.2) is 0 Å². The van der Waals surface area contributed by atoms with Crippen molar-refractivity contribution >= 4 is 17.5 Å². The average molecular weight is 217 g/mol. The van der Waals surface area contributed by atoms with Gasteiger partial charge in [0.1, 0.15) is 5.88 Å². The molecule has 0 unspecified atom stereocenters. The average Bonchev–Trinajstić information content (AvgIpc) is 2.74. The Morgan fingerprint density at radius 1 is 1.57 bits per heavy atom. The van der Waals surface area contributed by atoms with Crippen LogP contribution in [0, 0.1) is 5.41 Å². The fourth-order valence-corrected chi connectivity index (χ4v) is 3.02. The molecule has 0 aromatic carbocycles. The molecule has 2 rings (SSSR count). The molecule has 0 bridgehead atoms.